The molecule has 1 N–H and O–H groups in total. The third-order valence-electron chi connectivity index (χ3n) is 6.90. The van der Waals surface area contributed by atoms with Gasteiger partial charge in [-0.05, 0) is 67.0 Å². The monoisotopic (exact) mass is 457 g/mol. The van der Waals surface area contributed by atoms with Crippen LogP contribution < -0.4 is 0 Å². The quantitative estimate of drug-likeness (QED) is 0.488. The highest BCUT2D eigenvalue weighted by atomic mass is 35.5. The van der Waals surface area contributed by atoms with Gasteiger partial charge in [-0.3, -0.25) is 4.79 Å². The highest BCUT2D eigenvalue weighted by Crippen LogP contribution is 2.53. The SMILES string of the molecule is C=CC[C@@]1(C)CC(c2cccc(Cl)c2)[C@@H](c2ccc(Cl)cc2)N(C(CO)C2CC2)C1=O. The Morgan fingerprint density at radius 2 is 1.87 bits per heavy atom. The number of halogens is 2. The van der Waals surface area contributed by atoms with E-state index in [1.165, 1.54) is 0 Å². The van der Waals surface area contributed by atoms with Gasteiger partial charge in [0.05, 0.1) is 24.1 Å². The maximum Gasteiger partial charge on any atom is 0.229 e. The third kappa shape index (κ3) is 4.41. The van der Waals surface area contributed by atoms with Gasteiger partial charge in [-0.25, -0.2) is 0 Å². The van der Waals surface area contributed by atoms with Crippen molar-refractivity contribution < 1.29 is 9.90 Å². The number of likely N-dealkylation sites (tertiary alicyclic amines) is 1. The molecule has 0 spiro atoms. The molecule has 0 aromatic heterocycles. The number of carbonyl (C=O) groups excluding carboxylic acids is 1. The van der Waals surface area contributed by atoms with Crippen molar-refractivity contribution in [1.82, 2.24) is 4.90 Å². The Morgan fingerprint density at radius 3 is 2.45 bits per heavy atom. The lowest BCUT2D eigenvalue weighted by Gasteiger charge is -2.52. The normalized spacial score (nSPS) is 27.2. The second-order valence-corrected chi connectivity index (χ2v) is 10.1. The first kappa shape index (κ1) is 22.4. The van der Waals surface area contributed by atoms with Crippen molar-refractivity contribution in [1.29, 1.82) is 0 Å². The standard InChI is InChI=1S/C26H29Cl2NO2/c1-3-13-26(2)15-22(19-5-4-6-21(28)14-19)24(18-9-11-20(27)12-10-18)29(25(26)31)23(16-30)17-7-8-17/h3-6,9-12,14,17,22-24,30H,1,7-8,13,15-16H2,2H3/t22?,23?,24-,26+/m1/s1. The lowest BCUT2D eigenvalue weighted by molar-refractivity contribution is -0.156. The number of carbonyl (C=O) groups is 1. The molecule has 31 heavy (non-hydrogen) atoms. The summed E-state index contributed by atoms with van der Waals surface area (Å²) < 4.78 is 0. The predicted molar refractivity (Wildman–Crippen MR) is 126 cm³/mol. The molecule has 1 amide bonds. The Labute approximate surface area is 194 Å². The number of benzene rings is 2. The minimum atomic E-state index is -0.583. The topological polar surface area (TPSA) is 40.5 Å². The summed E-state index contributed by atoms with van der Waals surface area (Å²) in [5.41, 5.74) is 1.55. The van der Waals surface area contributed by atoms with Crippen molar-refractivity contribution in [3.63, 3.8) is 0 Å². The molecule has 4 rings (SSSR count). The average molecular weight is 458 g/mol. The molecule has 2 aromatic carbocycles. The van der Waals surface area contributed by atoms with Gasteiger partial charge in [-0.1, -0.05) is 60.5 Å². The number of nitrogens with zero attached hydrogens (tertiary/aromatic N) is 1. The summed E-state index contributed by atoms with van der Waals surface area (Å²) in [6.07, 6.45) is 5.20. The molecule has 1 aliphatic carbocycles. The van der Waals surface area contributed by atoms with Crippen LogP contribution in [0.1, 0.15) is 55.7 Å². The van der Waals surface area contributed by atoms with E-state index in [2.05, 4.69) is 12.6 Å². The molecule has 4 atom stereocenters. The van der Waals surface area contributed by atoms with Crippen LogP contribution in [0.2, 0.25) is 10.0 Å². The van der Waals surface area contributed by atoms with Crippen molar-refractivity contribution in [3.05, 3.63) is 82.4 Å². The van der Waals surface area contributed by atoms with Crippen LogP contribution in [0.5, 0.6) is 0 Å². The molecule has 2 aliphatic rings. The summed E-state index contributed by atoms with van der Waals surface area (Å²) in [6.45, 7) is 5.91. The van der Waals surface area contributed by atoms with Crippen LogP contribution >= 0.6 is 23.2 Å². The van der Waals surface area contributed by atoms with E-state index in [0.717, 1.165) is 24.0 Å². The number of amides is 1. The molecule has 2 unspecified atom stereocenters. The van der Waals surface area contributed by atoms with Crippen LogP contribution in [0.25, 0.3) is 0 Å². The van der Waals surface area contributed by atoms with Gasteiger partial charge in [0.1, 0.15) is 0 Å². The zero-order chi connectivity index (χ0) is 22.2. The number of rotatable bonds is 7. The van der Waals surface area contributed by atoms with Gasteiger partial charge >= 0.3 is 0 Å². The number of piperidine rings is 1. The molecule has 5 heteroatoms. The summed E-state index contributed by atoms with van der Waals surface area (Å²) in [5, 5.41) is 11.7. The van der Waals surface area contributed by atoms with E-state index in [9.17, 15) is 9.90 Å². The van der Waals surface area contributed by atoms with Gasteiger partial charge in [0.2, 0.25) is 5.91 Å². The maximum atomic E-state index is 14.0. The van der Waals surface area contributed by atoms with E-state index in [1.54, 1.807) is 0 Å². The fourth-order valence-electron chi connectivity index (χ4n) is 5.20. The zero-order valence-electron chi connectivity index (χ0n) is 17.8. The van der Waals surface area contributed by atoms with Gasteiger partial charge in [0.15, 0.2) is 0 Å². The molecule has 0 radical (unpaired) electrons. The highest BCUT2D eigenvalue weighted by Gasteiger charge is 2.53. The van der Waals surface area contributed by atoms with Gasteiger partial charge in [0.25, 0.3) is 0 Å². The van der Waals surface area contributed by atoms with Crippen molar-refractivity contribution in [2.24, 2.45) is 11.3 Å². The van der Waals surface area contributed by atoms with E-state index < -0.39 is 5.41 Å². The second kappa shape index (κ2) is 8.97. The van der Waals surface area contributed by atoms with E-state index in [1.807, 2.05) is 60.4 Å². The minimum Gasteiger partial charge on any atom is -0.394 e. The fourth-order valence-corrected chi connectivity index (χ4v) is 5.52. The molecule has 1 saturated heterocycles. The largest absolute Gasteiger partial charge is 0.394 e. The lowest BCUT2D eigenvalue weighted by atomic mass is 9.67. The fraction of sp³-hybridized carbons (Fsp3) is 0.423. The lowest BCUT2D eigenvalue weighted by Crippen LogP contribution is -2.57. The first-order chi connectivity index (χ1) is 14.9. The Hall–Kier alpha value is -1.81. The van der Waals surface area contributed by atoms with Gasteiger partial charge in [-0.15, -0.1) is 6.58 Å². The van der Waals surface area contributed by atoms with Gasteiger partial charge in [-0.2, -0.15) is 0 Å². The van der Waals surface area contributed by atoms with Crippen LogP contribution in [0.3, 0.4) is 0 Å². The smallest absolute Gasteiger partial charge is 0.229 e. The summed E-state index contributed by atoms with van der Waals surface area (Å²) in [6, 6.07) is 15.3. The van der Waals surface area contributed by atoms with Crippen LogP contribution in [-0.4, -0.2) is 28.6 Å². The summed E-state index contributed by atoms with van der Waals surface area (Å²) in [7, 11) is 0. The van der Waals surface area contributed by atoms with Crippen molar-refractivity contribution >= 4 is 29.1 Å². The van der Waals surface area contributed by atoms with Gasteiger partial charge in [0, 0.05) is 16.0 Å². The molecule has 1 saturated carbocycles. The molecule has 164 valence electrons. The van der Waals surface area contributed by atoms with E-state index in [4.69, 9.17) is 23.2 Å². The van der Waals surface area contributed by atoms with Crippen molar-refractivity contribution in [2.75, 3.05) is 6.61 Å². The van der Waals surface area contributed by atoms with Crippen LogP contribution in [0, 0.1) is 11.3 Å². The Morgan fingerprint density at radius 1 is 1.16 bits per heavy atom. The van der Waals surface area contributed by atoms with Crippen LogP contribution in [0.4, 0.5) is 0 Å². The maximum absolute atomic E-state index is 14.0. The van der Waals surface area contributed by atoms with E-state index in [0.29, 0.717) is 28.8 Å². The number of allylic oxidation sites excluding steroid dienone is 1. The Kier molecular flexibility index (Phi) is 6.48. The first-order valence-corrected chi connectivity index (χ1v) is 11.7. The second-order valence-electron chi connectivity index (χ2n) is 9.22. The summed E-state index contributed by atoms with van der Waals surface area (Å²) >= 11 is 12.5. The number of hydrogen-bond acceptors (Lipinski definition) is 2. The van der Waals surface area contributed by atoms with E-state index in [-0.39, 0.29) is 30.5 Å². The minimum absolute atomic E-state index is 0.0348. The van der Waals surface area contributed by atoms with Gasteiger partial charge < -0.3 is 10.0 Å². The number of aliphatic hydroxyl groups excluding tert-OH is 1. The van der Waals surface area contributed by atoms with Crippen molar-refractivity contribution in [3.8, 4) is 0 Å². The Balaban J connectivity index is 1.89. The summed E-state index contributed by atoms with van der Waals surface area (Å²) in [5.74, 6) is 0.474. The molecule has 0 bridgehead atoms. The highest BCUT2D eigenvalue weighted by molar-refractivity contribution is 6.30. The third-order valence-corrected chi connectivity index (χ3v) is 7.38. The molecule has 1 aliphatic heterocycles. The van der Waals surface area contributed by atoms with Crippen LogP contribution in [-0.2, 0) is 4.79 Å². The molecular formula is C26H29Cl2NO2. The van der Waals surface area contributed by atoms with Crippen LogP contribution in [0.15, 0.2) is 61.2 Å². The Bertz CT molecular complexity index is 956. The van der Waals surface area contributed by atoms with E-state index >= 15 is 0 Å². The summed E-state index contributed by atoms with van der Waals surface area (Å²) in [4.78, 5) is 16.0. The molecule has 3 nitrogen and oxygen atoms in total. The molecule has 2 fully saturated rings. The average Bonchev–Trinajstić information content (AvgIpc) is 3.58. The molecular weight excluding hydrogens is 429 g/mol. The zero-order valence-corrected chi connectivity index (χ0v) is 19.3. The number of aliphatic hydroxyl groups is 1. The molecule has 1 heterocycles. The molecule has 2 aromatic rings. The number of hydrogen-bond donors (Lipinski definition) is 1. The first-order valence-electron chi connectivity index (χ1n) is 10.9. The van der Waals surface area contributed by atoms with Crippen molar-refractivity contribution in [2.45, 2.75) is 50.6 Å². The predicted octanol–water partition coefficient (Wildman–Crippen LogP) is 6.40.